The van der Waals surface area contributed by atoms with E-state index in [1.165, 1.54) is 11.1 Å². The third kappa shape index (κ3) is 6.69. The summed E-state index contributed by atoms with van der Waals surface area (Å²) in [6.07, 6.45) is 7.81. The second-order valence-electron chi connectivity index (χ2n) is 15.0. The van der Waals surface area contributed by atoms with E-state index in [2.05, 4.69) is 79.3 Å². The summed E-state index contributed by atoms with van der Waals surface area (Å²) in [6.45, 7) is 14.7. The number of anilines is 1. The van der Waals surface area contributed by atoms with Crippen molar-refractivity contribution in [1.82, 2.24) is 14.7 Å². The Hall–Kier alpha value is -3.30. The number of carbonyl (C=O) groups excluding carboxylic acids is 1. The van der Waals surface area contributed by atoms with E-state index in [9.17, 15) is 4.79 Å². The first kappa shape index (κ1) is 30.7. The van der Waals surface area contributed by atoms with Crippen molar-refractivity contribution in [2.24, 2.45) is 0 Å². The molecule has 0 aliphatic carbocycles. The summed E-state index contributed by atoms with van der Waals surface area (Å²) in [6, 6.07) is 15.2. The predicted octanol–water partition coefficient (Wildman–Crippen LogP) is 7.79. The van der Waals surface area contributed by atoms with Crippen LogP contribution in [-0.2, 0) is 22.8 Å². The summed E-state index contributed by atoms with van der Waals surface area (Å²) in [5, 5.41) is 4.52. The monoisotopic (exact) mass is 616 g/mol. The minimum absolute atomic E-state index is 0.161. The molecule has 0 spiro atoms. The van der Waals surface area contributed by atoms with Gasteiger partial charge in [-0.05, 0) is 87.4 Å². The molecule has 0 N–H and O–H groups in total. The van der Waals surface area contributed by atoms with E-state index in [4.69, 9.17) is 14.2 Å². The molecular formula is C35H48N4O4Si. The Morgan fingerprint density at radius 1 is 1.05 bits per heavy atom. The first-order chi connectivity index (χ1) is 20.8. The van der Waals surface area contributed by atoms with Gasteiger partial charge in [0.1, 0.15) is 24.7 Å². The Morgan fingerprint density at radius 3 is 2.48 bits per heavy atom. The average molecular weight is 617 g/mol. The molecule has 2 aromatic carbocycles. The number of amides is 1. The SMILES string of the molecule is CN(c1ccc2c(c1)OCc1cc(-c3cnn(COCC[Si](C)(C)C)c3)ccc1-2)[C@@H]1C[C@H]2CC[C@@H](C1)N2C(=O)OC(C)(C)C. The van der Waals surface area contributed by atoms with Crippen LogP contribution in [0, 0.1) is 0 Å². The largest absolute Gasteiger partial charge is 0.488 e. The number of nitrogens with zero attached hydrogens (tertiary/aromatic N) is 4. The fourth-order valence-corrected chi connectivity index (χ4v) is 7.55. The van der Waals surface area contributed by atoms with Gasteiger partial charge in [-0.1, -0.05) is 31.8 Å². The Labute approximate surface area is 263 Å². The summed E-state index contributed by atoms with van der Waals surface area (Å²) in [5.41, 5.74) is 6.42. The van der Waals surface area contributed by atoms with Crippen LogP contribution in [0.25, 0.3) is 22.3 Å². The van der Waals surface area contributed by atoms with Crippen molar-refractivity contribution in [3.8, 4) is 28.0 Å². The first-order valence-corrected chi connectivity index (χ1v) is 19.8. The fourth-order valence-electron chi connectivity index (χ4n) is 6.79. The lowest BCUT2D eigenvalue weighted by atomic mass is 9.93. The van der Waals surface area contributed by atoms with E-state index < -0.39 is 13.7 Å². The molecule has 1 amide bonds. The maximum absolute atomic E-state index is 12.9. The van der Waals surface area contributed by atoms with E-state index in [0.29, 0.717) is 19.4 Å². The number of hydrogen-bond donors (Lipinski definition) is 0. The third-order valence-corrected chi connectivity index (χ3v) is 10.9. The summed E-state index contributed by atoms with van der Waals surface area (Å²) < 4.78 is 19.8. The van der Waals surface area contributed by atoms with Crippen LogP contribution in [0.2, 0.25) is 25.7 Å². The number of ether oxygens (including phenoxy) is 3. The van der Waals surface area contributed by atoms with Crippen molar-refractivity contribution in [2.45, 2.75) is 109 Å². The standard InChI is InChI=1S/C35H48N4O4Si/c1-35(2,3)43-34(40)39-28-9-10-29(39)18-30(17-28)37(4)27-11-13-32-31-12-8-24(16-25(31)22-42-33(32)19-27)26-20-36-38(21-26)23-41-14-15-44(5,6)7/h8,11-13,16,19-21,28-30H,9-10,14-15,17-18,22-23H2,1-7H3/t28-,29+,30-. The van der Waals surface area contributed by atoms with Crippen molar-refractivity contribution >= 4 is 19.9 Å². The van der Waals surface area contributed by atoms with Gasteiger partial charge in [-0.2, -0.15) is 5.10 Å². The lowest BCUT2D eigenvalue weighted by Gasteiger charge is -2.43. The molecule has 0 saturated carbocycles. The molecular weight excluding hydrogens is 568 g/mol. The fraction of sp³-hybridized carbons (Fsp3) is 0.543. The molecule has 0 radical (unpaired) electrons. The quantitative estimate of drug-likeness (QED) is 0.190. The van der Waals surface area contributed by atoms with E-state index in [0.717, 1.165) is 66.5 Å². The van der Waals surface area contributed by atoms with Crippen molar-refractivity contribution in [1.29, 1.82) is 0 Å². The van der Waals surface area contributed by atoms with Gasteiger partial charge in [0.2, 0.25) is 0 Å². The Balaban J connectivity index is 1.11. The first-order valence-electron chi connectivity index (χ1n) is 16.1. The van der Waals surface area contributed by atoms with Gasteiger partial charge in [0.05, 0.1) is 6.20 Å². The van der Waals surface area contributed by atoms with Crippen LogP contribution in [0.15, 0.2) is 48.8 Å². The molecule has 236 valence electrons. The molecule has 0 unspecified atom stereocenters. The van der Waals surface area contributed by atoms with E-state index in [1.807, 2.05) is 36.5 Å². The molecule has 9 heteroatoms. The molecule has 3 atom stereocenters. The summed E-state index contributed by atoms with van der Waals surface area (Å²) >= 11 is 0. The molecule has 6 rings (SSSR count). The van der Waals surface area contributed by atoms with Gasteiger partial charge in [-0.15, -0.1) is 0 Å². The molecule has 4 heterocycles. The van der Waals surface area contributed by atoms with E-state index in [1.54, 1.807) is 0 Å². The summed E-state index contributed by atoms with van der Waals surface area (Å²) in [4.78, 5) is 17.3. The topological polar surface area (TPSA) is 69.1 Å². The lowest BCUT2D eigenvalue weighted by molar-refractivity contribution is 0.00599. The number of rotatable bonds is 8. The Kier molecular flexibility index (Phi) is 8.30. The van der Waals surface area contributed by atoms with Crippen LogP contribution < -0.4 is 9.64 Å². The highest BCUT2D eigenvalue weighted by atomic mass is 28.3. The Morgan fingerprint density at radius 2 is 1.77 bits per heavy atom. The van der Waals surface area contributed by atoms with Gasteiger partial charge in [-0.3, -0.25) is 0 Å². The second-order valence-corrected chi connectivity index (χ2v) is 20.6. The van der Waals surface area contributed by atoms with Gasteiger partial charge < -0.3 is 24.0 Å². The number of hydrogen-bond acceptors (Lipinski definition) is 6. The zero-order valence-corrected chi connectivity index (χ0v) is 28.4. The van der Waals surface area contributed by atoms with E-state index >= 15 is 0 Å². The van der Waals surface area contributed by atoms with Gasteiger partial charge >= 0.3 is 6.09 Å². The number of carbonyl (C=O) groups is 1. The van der Waals surface area contributed by atoms with Crippen molar-refractivity contribution in [2.75, 3.05) is 18.6 Å². The van der Waals surface area contributed by atoms with Gasteiger partial charge in [0, 0.05) is 68.9 Å². The van der Waals surface area contributed by atoms with Gasteiger partial charge in [0.15, 0.2) is 0 Å². The molecule has 3 aliphatic heterocycles. The van der Waals surface area contributed by atoms with Crippen molar-refractivity contribution in [3.63, 3.8) is 0 Å². The van der Waals surface area contributed by atoms with Crippen LogP contribution in [0.4, 0.5) is 10.5 Å². The number of benzene rings is 2. The highest BCUT2D eigenvalue weighted by molar-refractivity contribution is 6.76. The molecule has 44 heavy (non-hydrogen) atoms. The average Bonchev–Trinajstić information content (AvgIpc) is 3.54. The van der Waals surface area contributed by atoms with Gasteiger partial charge in [-0.25, -0.2) is 9.48 Å². The number of fused-ring (bicyclic) bond motifs is 5. The van der Waals surface area contributed by atoms with E-state index in [-0.39, 0.29) is 18.2 Å². The third-order valence-electron chi connectivity index (χ3n) is 9.20. The van der Waals surface area contributed by atoms with Crippen LogP contribution in [0.1, 0.15) is 52.0 Å². The Bertz CT molecular complexity index is 1490. The maximum Gasteiger partial charge on any atom is 0.410 e. The zero-order valence-electron chi connectivity index (χ0n) is 27.4. The highest BCUT2D eigenvalue weighted by Gasteiger charge is 2.45. The number of aromatic nitrogens is 2. The van der Waals surface area contributed by atoms with Crippen molar-refractivity contribution in [3.05, 3.63) is 54.4 Å². The molecule has 3 aliphatic rings. The molecule has 8 nitrogen and oxygen atoms in total. The van der Waals surface area contributed by atoms with Crippen molar-refractivity contribution < 1.29 is 19.0 Å². The minimum Gasteiger partial charge on any atom is -0.488 e. The molecule has 2 fully saturated rings. The lowest BCUT2D eigenvalue weighted by Crippen LogP contribution is -2.53. The number of piperidine rings is 1. The van der Waals surface area contributed by atoms with Crippen LogP contribution in [0.3, 0.4) is 0 Å². The molecule has 3 aromatic rings. The zero-order chi connectivity index (χ0) is 31.2. The second kappa shape index (κ2) is 11.9. The van der Waals surface area contributed by atoms with Gasteiger partial charge in [0.25, 0.3) is 0 Å². The molecule has 2 saturated heterocycles. The normalized spacial score (nSPS) is 21.0. The van der Waals surface area contributed by atoms with Crippen LogP contribution in [0.5, 0.6) is 5.75 Å². The highest BCUT2D eigenvalue weighted by Crippen LogP contribution is 2.43. The summed E-state index contributed by atoms with van der Waals surface area (Å²) in [7, 11) is 1.08. The summed E-state index contributed by atoms with van der Waals surface area (Å²) in [5.74, 6) is 0.923. The van der Waals surface area contributed by atoms with Crippen LogP contribution in [-0.4, -0.2) is 66.2 Å². The predicted molar refractivity (Wildman–Crippen MR) is 178 cm³/mol. The maximum atomic E-state index is 12.9. The molecule has 1 aromatic heterocycles. The minimum atomic E-state index is -1.10. The molecule has 2 bridgehead atoms. The van der Waals surface area contributed by atoms with Crippen LogP contribution >= 0.6 is 0 Å². The smallest absolute Gasteiger partial charge is 0.410 e.